The molecule has 1 fully saturated rings. The van der Waals surface area contributed by atoms with E-state index >= 15 is 0 Å². The van der Waals surface area contributed by atoms with Gasteiger partial charge in [0.25, 0.3) is 11.8 Å². The fraction of sp³-hybridized carbons (Fsp3) is 0.0400. The van der Waals surface area contributed by atoms with Gasteiger partial charge in [0.1, 0.15) is 17.1 Å². The number of benzene rings is 3. The minimum Gasteiger partial charge on any atom is -0.497 e. The SMILES string of the molecule is COc1ccc(C(=O)Oc2cccc(/C=C3/C(=O)NC(=O)N(c4ccc(Cl)cc4)C3=O)c2)cc1. The Labute approximate surface area is 199 Å². The van der Waals surface area contributed by atoms with Gasteiger partial charge in [-0.05, 0) is 72.3 Å². The molecule has 0 unspecified atom stereocenters. The summed E-state index contributed by atoms with van der Waals surface area (Å²) in [5, 5.41) is 2.58. The molecule has 1 aliphatic rings. The number of ether oxygens (including phenoxy) is 2. The molecular weight excluding hydrogens is 460 g/mol. The zero-order valence-corrected chi connectivity index (χ0v) is 18.5. The smallest absolute Gasteiger partial charge is 0.343 e. The highest BCUT2D eigenvalue weighted by Gasteiger charge is 2.36. The quantitative estimate of drug-likeness (QED) is 0.256. The highest BCUT2D eigenvalue weighted by Crippen LogP contribution is 2.24. The van der Waals surface area contributed by atoms with Crippen LogP contribution in [0.15, 0.2) is 78.4 Å². The van der Waals surface area contributed by atoms with Crippen LogP contribution in [0.25, 0.3) is 6.08 Å². The summed E-state index contributed by atoms with van der Waals surface area (Å²) in [6.07, 6.45) is 1.32. The normalized spacial score (nSPS) is 14.7. The van der Waals surface area contributed by atoms with Gasteiger partial charge in [-0.2, -0.15) is 0 Å². The number of hydrogen-bond acceptors (Lipinski definition) is 6. The van der Waals surface area contributed by atoms with Gasteiger partial charge < -0.3 is 9.47 Å². The third-order valence-electron chi connectivity index (χ3n) is 4.89. The molecule has 0 aromatic heterocycles. The lowest BCUT2D eigenvalue weighted by Gasteiger charge is -2.26. The number of nitrogens with zero attached hydrogens (tertiary/aromatic N) is 1. The Kier molecular flexibility index (Phi) is 6.42. The number of barbiturate groups is 1. The zero-order valence-electron chi connectivity index (χ0n) is 17.8. The Morgan fingerprint density at radius 3 is 2.32 bits per heavy atom. The van der Waals surface area contributed by atoms with Crippen LogP contribution < -0.4 is 19.7 Å². The molecule has 1 N–H and O–H groups in total. The molecule has 0 bridgehead atoms. The van der Waals surface area contributed by atoms with E-state index in [0.29, 0.717) is 21.9 Å². The van der Waals surface area contributed by atoms with Gasteiger partial charge in [0.05, 0.1) is 18.4 Å². The second-order valence-corrected chi connectivity index (χ2v) is 7.56. The standard InChI is InChI=1S/C25H17ClN2O6/c1-33-19-11-5-16(6-12-19)24(31)34-20-4-2-3-15(13-20)14-21-22(29)27-25(32)28(23(21)30)18-9-7-17(26)8-10-18/h2-14H,1H3,(H,27,29,32)/b21-14-. The van der Waals surface area contributed by atoms with E-state index < -0.39 is 23.8 Å². The number of halogens is 1. The topological polar surface area (TPSA) is 102 Å². The Hall–Kier alpha value is -4.43. The summed E-state index contributed by atoms with van der Waals surface area (Å²) in [5.74, 6) is -1.40. The number of amides is 4. The number of nitrogens with one attached hydrogen (secondary N) is 1. The maximum atomic E-state index is 13.0. The third kappa shape index (κ3) is 4.82. The lowest BCUT2D eigenvalue weighted by atomic mass is 10.1. The van der Waals surface area contributed by atoms with Crippen LogP contribution in [0.2, 0.25) is 5.02 Å². The largest absolute Gasteiger partial charge is 0.497 e. The summed E-state index contributed by atoms with van der Waals surface area (Å²) in [6, 6.07) is 17.9. The van der Waals surface area contributed by atoms with Crippen LogP contribution in [0, 0.1) is 0 Å². The van der Waals surface area contributed by atoms with Crippen molar-refractivity contribution in [3.05, 3.63) is 94.5 Å². The molecule has 0 atom stereocenters. The van der Waals surface area contributed by atoms with Crippen molar-refractivity contribution in [2.24, 2.45) is 0 Å². The first-order chi connectivity index (χ1) is 16.4. The van der Waals surface area contributed by atoms with Crippen molar-refractivity contribution in [3.63, 3.8) is 0 Å². The van der Waals surface area contributed by atoms with Crippen molar-refractivity contribution in [2.45, 2.75) is 0 Å². The van der Waals surface area contributed by atoms with E-state index in [0.717, 1.165) is 4.90 Å². The van der Waals surface area contributed by atoms with Crippen molar-refractivity contribution in [1.82, 2.24) is 5.32 Å². The van der Waals surface area contributed by atoms with Gasteiger partial charge >= 0.3 is 12.0 Å². The number of methoxy groups -OCH3 is 1. The van der Waals surface area contributed by atoms with E-state index in [-0.39, 0.29) is 17.0 Å². The Morgan fingerprint density at radius 1 is 0.941 bits per heavy atom. The first-order valence-corrected chi connectivity index (χ1v) is 10.4. The molecule has 0 spiro atoms. The predicted molar refractivity (Wildman–Crippen MR) is 125 cm³/mol. The summed E-state index contributed by atoms with van der Waals surface area (Å²) >= 11 is 5.88. The van der Waals surface area contributed by atoms with Gasteiger partial charge in [-0.3, -0.25) is 14.9 Å². The van der Waals surface area contributed by atoms with Gasteiger partial charge in [0.2, 0.25) is 0 Å². The fourth-order valence-corrected chi connectivity index (χ4v) is 3.34. The molecule has 1 heterocycles. The van der Waals surface area contributed by atoms with Crippen molar-refractivity contribution < 1.29 is 28.7 Å². The van der Waals surface area contributed by atoms with Crippen LogP contribution in [0.3, 0.4) is 0 Å². The van der Waals surface area contributed by atoms with E-state index in [1.807, 2.05) is 0 Å². The maximum absolute atomic E-state index is 13.0. The number of anilines is 1. The molecule has 0 saturated carbocycles. The number of carbonyl (C=O) groups excluding carboxylic acids is 4. The highest BCUT2D eigenvalue weighted by atomic mass is 35.5. The van der Waals surface area contributed by atoms with Gasteiger partial charge in [-0.15, -0.1) is 0 Å². The van der Waals surface area contributed by atoms with Crippen LogP contribution in [0.1, 0.15) is 15.9 Å². The van der Waals surface area contributed by atoms with E-state index in [9.17, 15) is 19.2 Å². The Balaban J connectivity index is 1.57. The first-order valence-electron chi connectivity index (χ1n) is 9.99. The van der Waals surface area contributed by atoms with Gasteiger partial charge in [0.15, 0.2) is 0 Å². The lowest BCUT2D eigenvalue weighted by molar-refractivity contribution is -0.122. The van der Waals surface area contributed by atoms with Crippen molar-refractivity contribution >= 4 is 47.2 Å². The van der Waals surface area contributed by atoms with Gasteiger partial charge in [-0.25, -0.2) is 14.5 Å². The van der Waals surface area contributed by atoms with Crippen LogP contribution in [-0.2, 0) is 9.59 Å². The minimum atomic E-state index is -0.864. The Morgan fingerprint density at radius 2 is 1.65 bits per heavy atom. The number of imide groups is 2. The molecule has 170 valence electrons. The molecule has 1 saturated heterocycles. The average Bonchev–Trinajstić information content (AvgIpc) is 2.83. The summed E-state index contributed by atoms with van der Waals surface area (Å²) in [4.78, 5) is 50.9. The van der Waals surface area contributed by atoms with Crippen LogP contribution >= 0.6 is 11.6 Å². The molecule has 0 radical (unpaired) electrons. The molecule has 8 nitrogen and oxygen atoms in total. The monoisotopic (exact) mass is 476 g/mol. The van der Waals surface area contributed by atoms with Crippen LogP contribution in [0.4, 0.5) is 10.5 Å². The number of urea groups is 1. The Bertz CT molecular complexity index is 1320. The molecular formula is C25H17ClN2O6. The molecule has 4 amide bonds. The molecule has 34 heavy (non-hydrogen) atoms. The van der Waals surface area contributed by atoms with Gasteiger partial charge in [0, 0.05) is 5.02 Å². The number of hydrogen-bond donors (Lipinski definition) is 1. The minimum absolute atomic E-state index is 0.212. The molecule has 9 heteroatoms. The summed E-state index contributed by atoms with van der Waals surface area (Å²) in [5.41, 5.74) is 0.744. The molecule has 1 aliphatic heterocycles. The molecule has 3 aromatic carbocycles. The van der Waals surface area contributed by atoms with Gasteiger partial charge in [-0.1, -0.05) is 23.7 Å². The predicted octanol–water partition coefficient (Wildman–Crippen LogP) is 4.23. The van der Waals surface area contributed by atoms with E-state index in [2.05, 4.69) is 5.32 Å². The maximum Gasteiger partial charge on any atom is 0.343 e. The van der Waals surface area contributed by atoms with E-state index in [4.69, 9.17) is 21.1 Å². The van der Waals surface area contributed by atoms with E-state index in [1.165, 1.54) is 43.5 Å². The second-order valence-electron chi connectivity index (χ2n) is 7.12. The zero-order chi connectivity index (χ0) is 24.2. The molecule has 4 rings (SSSR count). The van der Waals surface area contributed by atoms with Crippen molar-refractivity contribution in [1.29, 1.82) is 0 Å². The summed E-state index contributed by atoms with van der Waals surface area (Å²) in [7, 11) is 1.52. The van der Waals surface area contributed by atoms with Crippen LogP contribution in [0.5, 0.6) is 11.5 Å². The number of carbonyl (C=O) groups is 4. The summed E-state index contributed by atoms with van der Waals surface area (Å²) < 4.78 is 10.5. The summed E-state index contributed by atoms with van der Waals surface area (Å²) in [6.45, 7) is 0. The third-order valence-corrected chi connectivity index (χ3v) is 5.14. The number of esters is 1. The lowest BCUT2D eigenvalue weighted by Crippen LogP contribution is -2.54. The van der Waals surface area contributed by atoms with E-state index in [1.54, 1.807) is 42.5 Å². The number of rotatable bonds is 5. The first kappa shape index (κ1) is 22.8. The molecule has 0 aliphatic carbocycles. The van der Waals surface area contributed by atoms with Crippen molar-refractivity contribution in [2.75, 3.05) is 12.0 Å². The highest BCUT2D eigenvalue weighted by molar-refractivity contribution is 6.39. The van der Waals surface area contributed by atoms with Crippen molar-refractivity contribution in [3.8, 4) is 11.5 Å². The average molecular weight is 477 g/mol. The fourth-order valence-electron chi connectivity index (χ4n) is 3.21. The molecule has 3 aromatic rings. The second kappa shape index (κ2) is 9.60. The van der Waals surface area contributed by atoms with Crippen LogP contribution in [-0.4, -0.2) is 30.9 Å².